The molecule has 0 aliphatic rings. The molecule has 0 aliphatic carbocycles. The second-order valence-corrected chi connectivity index (χ2v) is 7.65. The van der Waals surface area contributed by atoms with E-state index in [0.717, 1.165) is 37.2 Å². The zero-order valence-electron chi connectivity index (χ0n) is 16.9. The quantitative estimate of drug-likeness (QED) is 0.380. The Kier molecular flexibility index (Phi) is 10.0. The Labute approximate surface area is 158 Å². The monoisotopic (exact) mass is 362 g/mol. The van der Waals surface area contributed by atoms with Crippen molar-refractivity contribution in [3.63, 3.8) is 0 Å². The third-order valence-electron chi connectivity index (χ3n) is 4.27. The highest BCUT2D eigenvalue weighted by molar-refractivity contribution is 5.65. The first-order valence-electron chi connectivity index (χ1n) is 9.31. The van der Waals surface area contributed by atoms with Crippen molar-refractivity contribution in [2.75, 3.05) is 20.3 Å². The number of hydrogen-bond acceptors (Lipinski definition) is 4. The van der Waals surface area contributed by atoms with E-state index >= 15 is 0 Å². The molecule has 1 rings (SSSR count). The van der Waals surface area contributed by atoms with Gasteiger partial charge in [-0.05, 0) is 48.3 Å². The maximum atomic E-state index is 10.7. The van der Waals surface area contributed by atoms with Gasteiger partial charge < -0.3 is 14.2 Å². The van der Waals surface area contributed by atoms with E-state index in [9.17, 15) is 4.79 Å². The minimum absolute atomic E-state index is 0.238. The van der Waals surface area contributed by atoms with E-state index in [2.05, 4.69) is 26.8 Å². The largest absolute Gasteiger partial charge is 0.497 e. The van der Waals surface area contributed by atoms with Crippen molar-refractivity contribution in [2.24, 2.45) is 11.3 Å². The van der Waals surface area contributed by atoms with Crippen molar-refractivity contribution >= 4 is 5.97 Å². The second kappa shape index (κ2) is 11.7. The molecule has 0 aliphatic heterocycles. The molecule has 1 aromatic carbocycles. The highest BCUT2D eigenvalue weighted by Crippen LogP contribution is 2.31. The van der Waals surface area contributed by atoms with Crippen molar-refractivity contribution < 1.29 is 19.0 Å². The Morgan fingerprint density at radius 2 is 1.88 bits per heavy atom. The fourth-order valence-electron chi connectivity index (χ4n) is 3.03. The van der Waals surface area contributed by atoms with Crippen LogP contribution >= 0.6 is 0 Å². The van der Waals surface area contributed by atoms with Crippen LogP contribution < -0.4 is 4.74 Å². The molecule has 0 fully saturated rings. The van der Waals surface area contributed by atoms with Gasteiger partial charge in [0, 0.05) is 13.5 Å². The predicted molar refractivity (Wildman–Crippen MR) is 105 cm³/mol. The van der Waals surface area contributed by atoms with E-state index in [0.29, 0.717) is 19.1 Å². The predicted octanol–water partition coefficient (Wildman–Crippen LogP) is 5.16. The Morgan fingerprint density at radius 1 is 1.19 bits per heavy atom. The van der Waals surface area contributed by atoms with Gasteiger partial charge in [-0.25, -0.2) is 0 Å². The number of ether oxygens (including phenoxy) is 3. The smallest absolute Gasteiger partial charge is 0.302 e. The number of esters is 1. The van der Waals surface area contributed by atoms with Crippen LogP contribution in [0.2, 0.25) is 0 Å². The summed E-state index contributed by atoms with van der Waals surface area (Å²) in [5, 5.41) is 0. The van der Waals surface area contributed by atoms with Gasteiger partial charge in [0.25, 0.3) is 0 Å². The number of benzene rings is 1. The van der Waals surface area contributed by atoms with Gasteiger partial charge in [-0.15, -0.1) is 0 Å². The lowest BCUT2D eigenvalue weighted by Crippen LogP contribution is -2.18. The van der Waals surface area contributed by atoms with Gasteiger partial charge in [0.1, 0.15) is 12.4 Å². The standard InChI is InChI=1S/C22H34O4/c1-18(16-25-17-20-9-11-21(24-5)12-10-20)15-22(3,4)13-7-6-8-14-26-19(2)23/h6,8-12,18H,7,13-17H2,1-5H3/b8-6+. The Morgan fingerprint density at radius 3 is 2.50 bits per heavy atom. The molecule has 0 spiro atoms. The van der Waals surface area contributed by atoms with Crippen LogP contribution in [0.15, 0.2) is 36.4 Å². The summed E-state index contributed by atoms with van der Waals surface area (Å²) < 4.78 is 15.9. The zero-order chi connectivity index (χ0) is 19.4. The van der Waals surface area contributed by atoms with Gasteiger partial charge in [0.2, 0.25) is 0 Å². The molecular weight excluding hydrogens is 328 g/mol. The molecule has 146 valence electrons. The molecule has 0 amide bonds. The second-order valence-electron chi connectivity index (χ2n) is 7.65. The van der Waals surface area contributed by atoms with Crippen molar-refractivity contribution in [1.82, 2.24) is 0 Å². The molecule has 0 heterocycles. The fraction of sp³-hybridized carbons (Fsp3) is 0.591. The van der Waals surface area contributed by atoms with Crippen LogP contribution in [0.3, 0.4) is 0 Å². The summed E-state index contributed by atoms with van der Waals surface area (Å²) in [5.41, 5.74) is 1.42. The molecule has 0 saturated heterocycles. The lowest BCUT2D eigenvalue weighted by molar-refractivity contribution is -0.139. The van der Waals surface area contributed by atoms with Crippen LogP contribution in [0.4, 0.5) is 0 Å². The molecule has 1 unspecified atom stereocenters. The van der Waals surface area contributed by atoms with Crippen LogP contribution in [-0.4, -0.2) is 26.3 Å². The average molecular weight is 363 g/mol. The molecule has 0 bridgehead atoms. The molecule has 4 heteroatoms. The van der Waals surface area contributed by atoms with Crippen molar-refractivity contribution in [3.05, 3.63) is 42.0 Å². The number of carbonyl (C=O) groups excluding carboxylic acids is 1. The number of allylic oxidation sites excluding steroid dienone is 1. The third kappa shape index (κ3) is 10.2. The molecule has 1 atom stereocenters. The first kappa shape index (κ1) is 22.2. The van der Waals surface area contributed by atoms with Crippen LogP contribution in [0.1, 0.15) is 52.5 Å². The Hall–Kier alpha value is -1.81. The first-order valence-corrected chi connectivity index (χ1v) is 9.31. The molecular formula is C22H34O4. The maximum absolute atomic E-state index is 10.7. The molecule has 26 heavy (non-hydrogen) atoms. The van der Waals surface area contributed by atoms with E-state index in [-0.39, 0.29) is 11.4 Å². The summed E-state index contributed by atoms with van der Waals surface area (Å²) in [7, 11) is 1.67. The minimum Gasteiger partial charge on any atom is -0.497 e. The molecule has 0 saturated carbocycles. The molecule has 0 N–H and O–H groups in total. The van der Waals surface area contributed by atoms with Crippen LogP contribution in [0.25, 0.3) is 0 Å². The average Bonchev–Trinajstić information content (AvgIpc) is 2.58. The van der Waals surface area contributed by atoms with E-state index < -0.39 is 0 Å². The molecule has 4 nitrogen and oxygen atoms in total. The van der Waals surface area contributed by atoms with E-state index in [1.165, 1.54) is 6.92 Å². The SMILES string of the molecule is COc1ccc(COCC(C)CC(C)(C)CC/C=C/COC(C)=O)cc1. The lowest BCUT2D eigenvalue weighted by Gasteiger charge is -2.27. The van der Waals surface area contributed by atoms with Gasteiger partial charge in [-0.3, -0.25) is 4.79 Å². The van der Waals surface area contributed by atoms with Crippen LogP contribution in [0.5, 0.6) is 5.75 Å². The molecule has 0 aromatic heterocycles. The van der Waals surface area contributed by atoms with Crippen molar-refractivity contribution in [2.45, 2.75) is 53.6 Å². The van der Waals surface area contributed by atoms with Gasteiger partial charge in [0.15, 0.2) is 0 Å². The van der Waals surface area contributed by atoms with Crippen LogP contribution in [-0.2, 0) is 20.9 Å². The third-order valence-corrected chi connectivity index (χ3v) is 4.27. The van der Waals surface area contributed by atoms with Gasteiger partial charge in [-0.1, -0.05) is 45.1 Å². The topological polar surface area (TPSA) is 44.8 Å². The minimum atomic E-state index is -0.238. The maximum Gasteiger partial charge on any atom is 0.302 e. The summed E-state index contributed by atoms with van der Waals surface area (Å²) in [5.74, 6) is 1.14. The van der Waals surface area contributed by atoms with Crippen molar-refractivity contribution in [3.8, 4) is 5.75 Å². The summed E-state index contributed by atoms with van der Waals surface area (Å²) in [6, 6.07) is 7.99. The summed E-state index contributed by atoms with van der Waals surface area (Å²) in [6.07, 6.45) is 7.22. The molecule has 1 aromatic rings. The number of rotatable bonds is 12. The molecule has 0 radical (unpaired) electrons. The normalized spacial score (nSPS) is 13.0. The summed E-state index contributed by atoms with van der Waals surface area (Å²) >= 11 is 0. The summed E-state index contributed by atoms with van der Waals surface area (Å²) in [4.78, 5) is 10.7. The summed E-state index contributed by atoms with van der Waals surface area (Å²) in [6.45, 7) is 10.0. The first-order chi connectivity index (χ1) is 12.3. The number of carbonyl (C=O) groups is 1. The van der Waals surface area contributed by atoms with Crippen molar-refractivity contribution in [1.29, 1.82) is 0 Å². The highest BCUT2D eigenvalue weighted by Gasteiger charge is 2.20. The van der Waals surface area contributed by atoms with Gasteiger partial charge in [0.05, 0.1) is 13.7 Å². The van der Waals surface area contributed by atoms with Gasteiger partial charge >= 0.3 is 5.97 Å². The Bertz CT molecular complexity index is 546. The Balaban J connectivity index is 2.22. The zero-order valence-corrected chi connectivity index (χ0v) is 16.9. The van der Waals surface area contributed by atoms with E-state index in [4.69, 9.17) is 14.2 Å². The lowest BCUT2D eigenvalue weighted by atomic mass is 9.80. The van der Waals surface area contributed by atoms with Gasteiger partial charge in [-0.2, -0.15) is 0 Å². The fourth-order valence-corrected chi connectivity index (χ4v) is 3.03. The number of methoxy groups -OCH3 is 1. The van der Waals surface area contributed by atoms with E-state index in [1.807, 2.05) is 30.3 Å². The van der Waals surface area contributed by atoms with E-state index in [1.54, 1.807) is 7.11 Å². The highest BCUT2D eigenvalue weighted by atomic mass is 16.5. The van der Waals surface area contributed by atoms with Crippen LogP contribution in [0, 0.1) is 11.3 Å². The number of hydrogen-bond donors (Lipinski definition) is 0.